The first-order valence-electron chi connectivity index (χ1n) is 6.77. The Labute approximate surface area is 125 Å². The normalized spacial score (nSPS) is 17.5. The average molecular weight is 315 g/mol. The van der Waals surface area contributed by atoms with Crippen molar-refractivity contribution in [1.29, 1.82) is 0 Å². The van der Waals surface area contributed by atoms with Crippen LogP contribution in [0.1, 0.15) is 26.2 Å². The minimum absolute atomic E-state index is 0.0770. The lowest BCUT2D eigenvalue weighted by Gasteiger charge is -2.40. The van der Waals surface area contributed by atoms with Gasteiger partial charge in [-0.2, -0.15) is 11.8 Å². The second-order valence-electron chi connectivity index (χ2n) is 4.95. The Morgan fingerprint density at radius 1 is 1.45 bits per heavy atom. The van der Waals surface area contributed by atoms with Crippen LogP contribution in [0.4, 0.5) is 5.82 Å². The van der Waals surface area contributed by atoms with Crippen LogP contribution in [0.15, 0.2) is 23.2 Å². The molecule has 1 aliphatic rings. The van der Waals surface area contributed by atoms with E-state index < -0.39 is 10.0 Å². The molecule has 1 aromatic heterocycles. The van der Waals surface area contributed by atoms with Gasteiger partial charge in [-0.15, -0.1) is 0 Å². The summed E-state index contributed by atoms with van der Waals surface area (Å²) in [6, 6.07) is 3.23. The Morgan fingerprint density at radius 3 is 2.75 bits per heavy atom. The zero-order valence-electron chi connectivity index (χ0n) is 11.8. The van der Waals surface area contributed by atoms with E-state index in [1.54, 1.807) is 30.1 Å². The maximum absolute atomic E-state index is 12.4. The van der Waals surface area contributed by atoms with E-state index in [-0.39, 0.29) is 9.64 Å². The fourth-order valence-corrected chi connectivity index (χ4v) is 4.50. The van der Waals surface area contributed by atoms with E-state index in [9.17, 15) is 8.42 Å². The third kappa shape index (κ3) is 3.27. The van der Waals surface area contributed by atoms with Crippen LogP contribution in [0.25, 0.3) is 0 Å². The number of pyridine rings is 1. The van der Waals surface area contributed by atoms with Crippen LogP contribution < -0.4 is 10.0 Å². The van der Waals surface area contributed by atoms with Gasteiger partial charge in [0, 0.05) is 24.0 Å². The van der Waals surface area contributed by atoms with Crippen molar-refractivity contribution in [2.75, 3.05) is 24.7 Å². The standard InChI is InChI=1S/C13H21N3O2S2/c1-3-14-12-11(6-4-9-15-12)20(17,18)16-10-13(19-2)7-5-8-13/h4,6,9,16H,3,5,7-8,10H2,1-2H3,(H,14,15). The second-order valence-corrected chi connectivity index (χ2v) is 7.96. The second kappa shape index (κ2) is 6.32. The zero-order chi connectivity index (χ0) is 14.6. The Balaban J connectivity index is 2.14. The molecular weight excluding hydrogens is 294 g/mol. The number of thioether (sulfide) groups is 1. The number of aromatic nitrogens is 1. The van der Waals surface area contributed by atoms with E-state index in [0.717, 1.165) is 12.8 Å². The van der Waals surface area contributed by atoms with Crippen molar-refractivity contribution in [3.05, 3.63) is 18.3 Å². The molecule has 2 N–H and O–H groups in total. The molecule has 5 nitrogen and oxygen atoms in total. The lowest BCUT2D eigenvalue weighted by atomic mass is 9.84. The van der Waals surface area contributed by atoms with E-state index in [4.69, 9.17) is 0 Å². The summed E-state index contributed by atoms with van der Waals surface area (Å²) in [4.78, 5) is 4.32. The molecule has 1 heterocycles. The SMILES string of the molecule is CCNc1ncccc1S(=O)(=O)NCC1(SC)CCC1. The van der Waals surface area contributed by atoms with Gasteiger partial charge in [0.2, 0.25) is 10.0 Å². The molecule has 0 radical (unpaired) electrons. The highest BCUT2D eigenvalue weighted by Crippen LogP contribution is 2.42. The fourth-order valence-electron chi connectivity index (χ4n) is 2.24. The van der Waals surface area contributed by atoms with Crippen LogP contribution in [0, 0.1) is 0 Å². The van der Waals surface area contributed by atoms with E-state index >= 15 is 0 Å². The molecule has 0 aliphatic heterocycles. The molecule has 1 saturated carbocycles. The Bertz CT molecular complexity index is 551. The molecule has 20 heavy (non-hydrogen) atoms. The highest BCUT2D eigenvalue weighted by molar-refractivity contribution is 8.00. The molecule has 7 heteroatoms. The molecule has 0 atom stereocenters. The van der Waals surface area contributed by atoms with Gasteiger partial charge in [0.25, 0.3) is 0 Å². The molecular formula is C13H21N3O2S2. The van der Waals surface area contributed by atoms with Gasteiger partial charge < -0.3 is 5.32 Å². The molecule has 1 fully saturated rings. The van der Waals surface area contributed by atoms with Gasteiger partial charge >= 0.3 is 0 Å². The number of nitrogens with zero attached hydrogens (tertiary/aromatic N) is 1. The summed E-state index contributed by atoms with van der Waals surface area (Å²) in [6.45, 7) is 3.03. The van der Waals surface area contributed by atoms with Gasteiger partial charge in [0.1, 0.15) is 10.7 Å². The minimum atomic E-state index is -3.52. The molecule has 0 unspecified atom stereocenters. The van der Waals surface area contributed by atoms with Crippen LogP contribution in [0.3, 0.4) is 0 Å². The monoisotopic (exact) mass is 315 g/mol. The first kappa shape index (κ1) is 15.6. The van der Waals surface area contributed by atoms with Crippen LogP contribution in [0.5, 0.6) is 0 Å². The van der Waals surface area contributed by atoms with Crippen molar-refractivity contribution in [3.8, 4) is 0 Å². The summed E-state index contributed by atoms with van der Waals surface area (Å²) in [5.41, 5.74) is 0. The Morgan fingerprint density at radius 2 is 2.20 bits per heavy atom. The van der Waals surface area contributed by atoms with Gasteiger partial charge in [-0.1, -0.05) is 6.42 Å². The number of hydrogen-bond acceptors (Lipinski definition) is 5. The lowest BCUT2D eigenvalue weighted by Crippen LogP contribution is -2.45. The minimum Gasteiger partial charge on any atom is -0.369 e. The first-order chi connectivity index (χ1) is 9.53. The molecule has 0 bridgehead atoms. The topological polar surface area (TPSA) is 71.1 Å². The Kier molecular flexibility index (Phi) is 4.93. The van der Waals surface area contributed by atoms with Gasteiger partial charge in [-0.3, -0.25) is 0 Å². The van der Waals surface area contributed by atoms with Crippen molar-refractivity contribution in [2.45, 2.75) is 35.8 Å². The van der Waals surface area contributed by atoms with Crippen molar-refractivity contribution in [3.63, 3.8) is 0 Å². The largest absolute Gasteiger partial charge is 0.369 e. The van der Waals surface area contributed by atoms with Crippen molar-refractivity contribution >= 4 is 27.6 Å². The van der Waals surface area contributed by atoms with E-state index in [2.05, 4.69) is 15.0 Å². The molecule has 0 spiro atoms. The predicted molar refractivity (Wildman–Crippen MR) is 83.7 cm³/mol. The number of rotatable bonds is 7. The number of nitrogens with one attached hydrogen (secondary N) is 2. The number of hydrogen-bond donors (Lipinski definition) is 2. The van der Waals surface area contributed by atoms with Crippen LogP contribution >= 0.6 is 11.8 Å². The third-order valence-electron chi connectivity index (χ3n) is 3.69. The van der Waals surface area contributed by atoms with Crippen molar-refractivity contribution in [2.24, 2.45) is 0 Å². The van der Waals surface area contributed by atoms with Gasteiger partial charge in [0.05, 0.1) is 0 Å². The van der Waals surface area contributed by atoms with E-state index in [0.29, 0.717) is 18.9 Å². The fraction of sp³-hybridized carbons (Fsp3) is 0.615. The summed E-state index contributed by atoms with van der Waals surface area (Å²) < 4.78 is 27.7. The van der Waals surface area contributed by atoms with Crippen LogP contribution in [0.2, 0.25) is 0 Å². The maximum Gasteiger partial charge on any atom is 0.244 e. The van der Waals surface area contributed by atoms with E-state index in [1.807, 2.05) is 13.2 Å². The molecule has 0 saturated heterocycles. The summed E-state index contributed by atoms with van der Waals surface area (Å²) >= 11 is 1.75. The summed E-state index contributed by atoms with van der Waals surface area (Å²) in [5.74, 6) is 0.411. The molecule has 1 aromatic rings. The van der Waals surface area contributed by atoms with Crippen LogP contribution in [-0.2, 0) is 10.0 Å². The van der Waals surface area contributed by atoms with Gasteiger partial charge in [0.15, 0.2) is 0 Å². The highest BCUT2D eigenvalue weighted by Gasteiger charge is 2.37. The lowest BCUT2D eigenvalue weighted by molar-refractivity contribution is 0.362. The van der Waals surface area contributed by atoms with E-state index in [1.165, 1.54) is 6.42 Å². The zero-order valence-corrected chi connectivity index (χ0v) is 13.5. The third-order valence-corrected chi connectivity index (χ3v) is 6.54. The van der Waals surface area contributed by atoms with Crippen LogP contribution in [-0.4, -0.2) is 37.5 Å². The number of anilines is 1. The average Bonchev–Trinajstić information content (AvgIpc) is 2.39. The number of sulfonamides is 1. The van der Waals surface area contributed by atoms with Crippen molar-refractivity contribution < 1.29 is 8.42 Å². The Hall–Kier alpha value is -0.790. The summed E-state index contributed by atoms with van der Waals surface area (Å²) in [7, 11) is -3.52. The highest BCUT2D eigenvalue weighted by atomic mass is 32.2. The smallest absolute Gasteiger partial charge is 0.244 e. The summed E-state index contributed by atoms with van der Waals surface area (Å²) in [5, 5.41) is 2.99. The van der Waals surface area contributed by atoms with Gasteiger partial charge in [-0.25, -0.2) is 18.1 Å². The quantitative estimate of drug-likeness (QED) is 0.806. The van der Waals surface area contributed by atoms with Crippen molar-refractivity contribution in [1.82, 2.24) is 9.71 Å². The molecule has 1 aliphatic carbocycles. The molecule has 112 valence electrons. The predicted octanol–water partition coefficient (Wildman–Crippen LogP) is 2.08. The van der Waals surface area contributed by atoms with Gasteiger partial charge in [-0.05, 0) is 38.2 Å². The summed E-state index contributed by atoms with van der Waals surface area (Å²) in [6.07, 6.45) is 6.96. The molecule has 2 rings (SSSR count). The molecule has 0 amide bonds. The first-order valence-corrected chi connectivity index (χ1v) is 9.47. The maximum atomic E-state index is 12.4. The molecule has 0 aromatic carbocycles.